The van der Waals surface area contributed by atoms with Crippen LogP contribution in [0.15, 0.2) is 47.5 Å². The van der Waals surface area contributed by atoms with Gasteiger partial charge in [0.15, 0.2) is 5.78 Å². The van der Waals surface area contributed by atoms with Crippen LogP contribution in [0, 0.1) is 5.92 Å². The minimum absolute atomic E-state index is 0.00350. The van der Waals surface area contributed by atoms with Crippen molar-refractivity contribution in [2.45, 2.75) is 31.6 Å². The summed E-state index contributed by atoms with van der Waals surface area (Å²) in [6.07, 6.45) is 1.71. The van der Waals surface area contributed by atoms with Crippen LogP contribution in [0.5, 0.6) is 5.75 Å². The Bertz CT molecular complexity index is 932. The molecule has 0 fully saturated rings. The molecule has 0 aliphatic rings. The molecule has 11 heteroatoms. The van der Waals surface area contributed by atoms with E-state index in [1.165, 1.54) is 18.3 Å². The molecule has 1 aromatic carbocycles. The molecule has 2 aromatic rings. The van der Waals surface area contributed by atoms with E-state index in [9.17, 15) is 29.0 Å². The third-order valence-corrected chi connectivity index (χ3v) is 5.11. The van der Waals surface area contributed by atoms with Crippen molar-refractivity contribution in [1.29, 1.82) is 0 Å². The molecule has 0 unspecified atom stereocenters. The lowest BCUT2D eigenvalue weighted by molar-refractivity contribution is -0.118. The Morgan fingerprint density at radius 1 is 1.07 bits per heavy atom. The van der Waals surface area contributed by atoms with E-state index in [0.717, 1.165) is 12.1 Å². The van der Waals surface area contributed by atoms with Gasteiger partial charge in [0.05, 0.1) is 6.61 Å². The molecule has 1 aromatic heterocycles. The summed E-state index contributed by atoms with van der Waals surface area (Å²) < 4.78 is 68.5. The summed E-state index contributed by atoms with van der Waals surface area (Å²) in [4.78, 5) is 25.9. The largest absolute Gasteiger partial charge is 0.494 e. The molecule has 0 atom stereocenters. The first kappa shape index (κ1) is 23.6. The van der Waals surface area contributed by atoms with Crippen molar-refractivity contribution in [3.8, 4) is 5.75 Å². The van der Waals surface area contributed by atoms with E-state index in [2.05, 4.69) is 10.3 Å². The maximum absolute atomic E-state index is 12.7. The Balaban J connectivity index is 1.86. The molecule has 1 heterocycles. The zero-order valence-electron chi connectivity index (χ0n) is 16.2. The number of amides is 1. The molecule has 166 valence electrons. The minimum Gasteiger partial charge on any atom is -0.494 e. The number of nitrogens with zero attached hydrogens (tertiary/aromatic N) is 1. The average molecular weight is 452 g/mol. The van der Waals surface area contributed by atoms with Crippen molar-refractivity contribution in [2.75, 3.05) is 11.9 Å². The highest BCUT2D eigenvalue weighted by Crippen LogP contribution is 3.02. The van der Waals surface area contributed by atoms with E-state index >= 15 is 0 Å². The Morgan fingerprint density at radius 2 is 1.70 bits per heavy atom. The number of anilines is 1. The van der Waals surface area contributed by atoms with E-state index in [-0.39, 0.29) is 60.8 Å². The van der Waals surface area contributed by atoms with E-state index in [1.54, 1.807) is 13.8 Å². The number of nitrogens with one attached hydrogen (secondary N) is 1. The Labute approximate surface area is 170 Å². The van der Waals surface area contributed by atoms with Gasteiger partial charge in [-0.15, -0.1) is 0 Å². The molecular weight excluding hydrogens is 431 g/mol. The monoisotopic (exact) mass is 452 g/mol. The van der Waals surface area contributed by atoms with Gasteiger partial charge in [0.25, 0.3) is 0 Å². The van der Waals surface area contributed by atoms with Crippen LogP contribution < -0.4 is 10.1 Å². The fraction of sp³-hybridized carbons (Fsp3) is 0.316. The van der Waals surface area contributed by atoms with Crippen LogP contribution in [0.2, 0.25) is 0 Å². The summed E-state index contributed by atoms with van der Waals surface area (Å²) in [6.45, 7) is 3.44. The summed E-state index contributed by atoms with van der Waals surface area (Å²) in [5.74, 6) is -0.495. The molecule has 0 spiro atoms. The molecule has 0 aliphatic carbocycles. The first-order valence-corrected chi connectivity index (χ1v) is 10.9. The topological polar surface area (TPSA) is 68.3 Å². The molecule has 1 N–H and O–H groups in total. The second-order valence-corrected chi connectivity index (χ2v) is 9.30. The molecule has 0 saturated carbocycles. The molecule has 0 aliphatic heterocycles. The predicted molar refractivity (Wildman–Crippen MR) is 105 cm³/mol. The van der Waals surface area contributed by atoms with Gasteiger partial charge in [-0.2, -0.15) is 0 Å². The first-order valence-electron chi connectivity index (χ1n) is 8.93. The fourth-order valence-electron chi connectivity index (χ4n) is 2.30. The van der Waals surface area contributed by atoms with Gasteiger partial charge in [-0.25, -0.2) is 4.98 Å². The molecular formula is C19H21F5N2O3S. The van der Waals surface area contributed by atoms with E-state index in [4.69, 9.17) is 4.74 Å². The summed E-state index contributed by atoms with van der Waals surface area (Å²) in [7, 11) is -9.71. The predicted octanol–water partition coefficient (Wildman–Crippen LogP) is 6.38. The third kappa shape index (κ3) is 6.97. The van der Waals surface area contributed by atoms with E-state index < -0.39 is 15.1 Å². The number of rotatable bonds is 9. The lowest BCUT2D eigenvalue weighted by Gasteiger charge is -2.40. The number of hydrogen-bond donors (Lipinski definition) is 1. The molecule has 5 nitrogen and oxygen atoms in total. The summed E-state index contributed by atoms with van der Waals surface area (Å²) in [6, 6.07) is 5.09. The maximum atomic E-state index is 12.7. The van der Waals surface area contributed by atoms with Gasteiger partial charge in [-0.3, -0.25) is 9.59 Å². The van der Waals surface area contributed by atoms with Crippen LogP contribution in [0.25, 0.3) is 0 Å². The van der Waals surface area contributed by atoms with Crippen LogP contribution >= 0.6 is 10.2 Å². The number of benzene rings is 1. The lowest BCUT2D eigenvalue weighted by Crippen LogP contribution is -2.18. The van der Waals surface area contributed by atoms with Gasteiger partial charge in [-0.05, 0) is 42.8 Å². The van der Waals surface area contributed by atoms with Crippen molar-refractivity contribution in [1.82, 2.24) is 4.98 Å². The van der Waals surface area contributed by atoms with E-state index in [0.29, 0.717) is 5.56 Å². The highest BCUT2D eigenvalue weighted by atomic mass is 32.5. The number of ketones is 1. The van der Waals surface area contributed by atoms with Gasteiger partial charge >= 0.3 is 10.2 Å². The van der Waals surface area contributed by atoms with Crippen LogP contribution in [0.1, 0.15) is 37.0 Å². The summed E-state index contributed by atoms with van der Waals surface area (Å²) in [5.41, 5.74) is 0.337. The Kier molecular flexibility index (Phi) is 6.18. The third-order valence-electron chi connectivity index (χ3n) is 3.94. The van der Waals surface area contributed by atoms with Gasteiger partial charge in [0.2, 0.25) is 5.91 Å². The second-order valence-electron chi connectivity index (χ2n) is 6.89. The van der Waals surface area contributed by atoms with Gasteiger partial charge in [-0.1, -0.05) is 33.3 Å². The zero-order chi connectivity index (χ0) is 22.6. The number of pyridine rings is 1. The van der Waals surface area contributed by atoms with Crippen LogP contribution in [-0.4, -0.2) is 23.3 Å². The molecule has 0 radical (unpaired) electrons. The highest BCUT2D eigenvalue weighted by Gasteiger charge is 2.65. The Hall–Kier alpha value is -2.69. The van der Waals surface area contributed by atoms with Crippen LogP contribution in [-0.2, 0) is 4.79 Å². The number of aromatic nitrogens is 1. The molecule has 0 bridgehead atoms. The van der Waals surface area contributed by atoms with Crippen LogP contribution in [0.4, 0.5) is 25.2 Å². The number of carbonyl (C=O) groups excluding carboxylic acids is 2. The summed E-state index contributed by atoms with van der Waals surface area (Å²) in [5, 5.41) is 2.59. The van der Waals surface area contributed by atoms with Crippen molar-refractivity contribution in [2.24, 2.45) is 5.92 Å². The number of Topliss-reactive ketones (excluding diaryl/α,β-unsaturated/α-hetero) is 1. The van der Waals surface area contributed by atoms with Crippen LogP contribution in [0.3, 0.4) is 0 Å². The quantitative estimate of drug-likeness (QED) is 0.273. The van der Waals surface area contributed by atoms with Gasteiger partial charge in [0, 0.05) is 24.1 Å². The summed E-state index contributed by atoms with van der Waals surface area (Å²) >= 11 is 0. The highest BCUT2D eigenvalue weighted by molar-refractivity contribution is 8.45. The number of ether oxygens (including phenoxy) is 1. The zero-order valence-corrected chi connectivity index (χ0v) is 17.0. The number of hydrogen-bond acceptors (Lipinski definition) is 4. The van der Waals surface area contributed by atoms with Crippen molar-refractivity contribution in [3.63, 3.8) is 0 Å². The number of carbonyl (C=O) groups is 2. The first-order chi connectivity index (χ1) is 13.7. The van der Waals surface area contributed by atoms with Crippen molar-refractivity contribution < 1.29 is 33.8 Å². The fourth-order valence-corrected chi connectivity index (χ4v) is 2.95. The molecule has 0 saturated heterocycles. The number of halogens is 5. The SMILES string of the molecule is CC(C)C(=O)Nc1cc(C(=O)CCCOc2ccc(S(F)(F)(F)(F)F)cc2)ccn1. The van der Waals surface area contributed by atoms with Crippen molar-refractivity contribution in [3.05, 3.63) is 48.2 Å². The smallest absolute Gasteiger partial charge is 0.310 e. The maximum Gasteiger partial charge on any atom is 0.310 e. The van der Waals surface area contributed by atoms with Gasteiger partial charge in [0.1, 0.15) is 16.5 Å². The Morgan fingerprint density at radius 3 is 2.27 bits per heavy atom. The van der Waals surface area contributed by atoms with E-state index in [1.807, 2.05) is 0 Å². The second kappa shape index (κ2) is 7.86. The average Bonchev–Trinajstić information content (AvgIpc) is 2.63. The molecule has 2 rings (SSSR count). The lowest BCUT2D eigenvalue weighted by atomic mass is 10.1. The minimum atomic E-state index is -9.71. The molecule has 30 heavy (non-hydrogen) atoms. The van der Waals surface area contributed by atoms with Gasteiger partial charge < -0.3 is 10.1 Å². The normalized spacial score (nSPS) is 14.0. The standard InChI is InChI=1S/C19H21F5N2O3S/c1-13(2)19(28)26-18-12-14(9-10-25-18)17(27)4-3-11-29-15-5-7-16(8-6-15)30(20,21,22,23)24/h5-10,12-13H,3-4,11H2,1-2H3,(H,25,26,28). The molecule has 1 amide bonds. The van der Waals surface area contributed by atoms with Crippen molar-refractivity contribution >= 4 is 27.7 Å².